The van der Waals surface area contributed by atoms with Crippen molar-refractivity contribution in [2.45, 2.75) is 26.8 Å². The monoisotopic (exact) mass is 213 g/mol. The van der Waals surface area contributed by atoms with Gasteiger partial charge in [-0.2, -0.15) is 7.05 Å². The molecule has 10 heavy (non-hydrogen) atoms. The molecule has 0 N–H and O–H groups in total. The summed E-state index contributed by atoms with van der Waals surface area (Å²) in [5.41, 5.74) is -0.0174. The summed E-state index contributed by atoms with van der Waals surface area (Å²) in [4.78, 5) is 10.3. The predicted octanol–water partition coefficient (Wildman–Crippen LogP) is -1.39. The summed E-state index contributed by atoms with van der Waals surface area (Å²) in [5, 5.41) is 3.91. The van der Waals surface area contributed by atoms with Gasteiger partial charge in [0.1, 0.15) is 6.29 Å². The first-order chi connectivity index (χ1) is 4.02. The third-order valence-electron chi connectivity index (χ3n) is 1.29. The molecule has 1 unspecified atom stereocenters. The minimum Gasteiger partial charge on any atom is -0.656 e. The summed E-state index contributed by atoms with van der Waals surface area (Å²) < 4.78 is 0. The van der Waals surface area contributed by atoms with Crippen molar-refractivity contribution < 1.29 is 63.0 Å². The quantitative estimate of drug-likeness (QED) is 0.520. The molecule has 0 amide bonds. The van der Waals surface area contributed by atoms with Crippen LogP contribution in [0.25, 0.3) is 5.32 Å². The Morgan fingerprint density at radius 2 is 1.80 bits per heavy atom. The third kappa shape index (κ3) is 5.13. The van der Waals surface area contributed by atoms with Crippen LogP contribution in [0.15, 0.2) is 0 Å². The largest absolute Gasteiger partial charge is 1.00 e. The van der Waals surface area contributed by atoms with Gasteiger partial charge in [-0.05, 0) is 5.41 Å². The van der Waals surface area contributed by atoms with E-state index < -0.39 is 0 Å². The van der Waals surface area contributed by atoms with E-state index in [4.69, 9.17) is 0 Å². The van der Waals surface area contributed by atoms with Gasteiger partial charge < -0.3 is 10.1 Å². The van der Waals surface area contributed by atoms with Crippen LogP contribution < -0.4 is 58.2 Å². The molecular weight excluding hydrogens is 200 g/mol. The van der Waals surface area contributed by atoms with Crippen molar-refractivity contribution >= 4 is 6.29 Å². The van der Waals surface area contributed by atoms with Gasteiger partial charge in [-0.15, -0.1) is 0 Å². The molecule has 0 saturated heterocycles. The minimum absolute atomic E-state index is 0. The van der Waals surface area contributed by atoms with Gasteiger partial charge >= 0.3 is 58.2 Å². The molecule has 54 valence electrons. The van der Waals surface area contributed by atoms with Crippen LogP contribution in [-0.4, -0.2) is 19.4 Å². The van der Waals surface area contributed by atoms with Gasteiger partial charge in [0.05, 0.1) is 0 Å². The second-order valence-corrected chi connectivity index (χ2v) is 3.21. The topological polar surface area (TPSA) is 31.2 Å². The summed E-state index contributed by atoms with van der Waals surface area (Å²) in [6.07, 6.45) is 0.889. The summed E-state index contributed by atoms with van der Waals surface area (Å²) >= 11 is 0. The fourth-order valence-electron chi connectivity index (χ4n) is 0.652. The van der Waals surface area contributed by atoms with Gasteiger partial charge in [0.25, 0.3) is 0 Å². The van der Waals surface area contributed by atoms with E-state index in [9.17, 15) is 4.79 Å². The van der Waals surface area contributed by atoms with Crippen LogP contribution in [0.2, 0.25) is 0 Å². The zero-order valence-corrected chi connectivity index (χ0v) is 12.4. The number of nitrogens with zero attached hydrogens (tertiary/aromatic N) is 1. The maximum absolute atomic E-state index is 10.3. The number of hydrogen-bond acceptors (Lipinski definition) is 1. The van der Waals surface area contributed by atoms with Gasteiger partial charge in [0.15, 0.2) is 0 Å². The van der Waals surface area contributed by atoms with E-state index in [1.165, 1.54) is 0 Å². The van der Waals surface area contributed by atoms with E-state index in [0.717, 1.165) is 6.29 Å². The number of carbonyl (C=O) groups excluding carboxylic acids is 1. The summed E-state index contributed by atoms with van der Waals surface area (Å²) in [7, 11) is 1.67. The zero-order chi connectivity index (χ0) is 7.49. The first-order valence-corrected chi connectivity index (χ1v) is 3.06. The van der Waals surface area contributed by atoms with Crippen LogP contribution in [0, 0.1) is 5.41 Å². The maximum Gasteiger partial charge on any atom is 1.00 e. The molecule has 0 aromatic rings. The molecule has 2 nitrogen and oxygen atoms in total. The van der Waals surface area contributed by atoms with E-state index >= 15 is 0 Å². The number of hydrogen-bond donors (Lipinski definition) is 0. The van der Waals surface area contributed by atoms with Crippen LogP contribution in [-0.2, 0) is 4.79 Å². The van der Waals surface area contributed by atoms with Crippen molar-refractivity contribution in [3.8, 4) is 0 Å². The summed E-state index contributed by atoms with van der Waals surface area (Å²) in [6.45, 7) is 6.00. The molecule has 0 aromatic carbocycles. The number of carbonyl (C=O) groups is 1. The van der Waals surface area contributed by atoms with Crippen molar-refractivity contribution in [3.63, 3.8) is 0 Å². The van der Waals surface area contributed by atoms with Gasteiger partial charge in [-0.25, -0.2) is 0 Å². The Morgan fingerprint density at radius 3 is 1.80 bits per heavy atom. The molecule has 0 spiro atoms. The fourth-order valence-corrected chi connectivity index (χ4v) is 0.652. The van der Waals surface area contributed by atoms with E-state index in [0.29, 0.717) is 0 Å². The maximum atomic E-state index is 10.3. The second-order valence-electron chi connectivity index (χ2n) is 3.21. The molecular formula is C7H14NORb. The van der Waals surface area contributed by atoms with Crippen LogP contribution in [0.3, 0.4) is 0 Å². The molecule has 3 heteroatoms. The second kappa shape index (κ2) is 6.01. The number of likely N-dealkylation sites (N-methyl/N-ethyl adjacent to an activating group) is 1. The Balaban J connectivity index is 0. The predicted molar refractivity (Wildman–Crippen MR) is 38.6 cm³/mol. The first-order valence-electron chi connectivity index (χ1n) is 3.06. The van der Waals surface area contributed by atoms with Crippen LogP contribution in [0.5, 0.6) is 0 Å². The molecule has 0 radical (unpaired) electrons. The molecule has 0 aromatic heterocycles. The fraction of sp³-hybridized carbons (Fsp3) is 0.857. The van der Waals surface area contributed by atoms with Crippen molar-refractivity contribution in [1.29, 1.82) is 0 Å². The Morgan fingerprint density at radius 1 is 1.40 bits per heavy atom. The van der Waals surface area contributed by atoms with E-state index in [1.807, 2.05) is 20.8 Å². The van der Waals surface area contributed by atoms with E-state index in [-0.39, 0.29) is 69.6 Å². The van der Waals surface area contributed by atoms with Crippen LogP contribution in [0.1, 0.15) is 20.8 Å². The Bertz CT molecular complexity index is 98.3. The van der Waals surface area contributed by atoms with Crippen molar-refractivity contribution in [3.05, 3.63) is 5.32 Å². The molecule has 1 atom stereocenters. The smallest absolute Gasteiger partial charge is 0.656 e. The van der Waals surface area contributed by atoms with Gasteiger partial charge in [0, 0.05) is 0 Å². The molecule has 0 heterocycles. The number of aldehydes is 1. The normalized spacial score (nSPS) is 13.6. The average Bonchev–Trinajstić information content (AvgIpc) is 1.65. The molecule has 0 aliphatic heterocycles. The van der Waals surface area contributed by atoms with Crippen LogP contribution in [0.4, 0.5) is 0 Å². The van der Waals surface area contributed by atoms with Crippen LogP contribution >= 0.6 is 0 Å². The SMILES string of the molecule is C[N-]C(C=O)C(C)(C)C.[Rb+]. The molecule has 0 rings (SSSR count). The zero-order valence-electron chi connectivity index (χ0n) is 7.51. The minimum atomic E-state index is -0.155. The summed E-state index contributed by atoms with van der Waals surface area (Å²) in [6, 6.07) is -0.155. The molecule has 0 aliphatic carbocycles. The van der Waals surface area contributed by atoms with Crippen molar-refractivity contribution in [2.24, 2.45) is 5.41 Å². The number of rotatable bonds is 2. The van der Waals surface area contributed by atoms with Gasteiger partial charge in [-0.3, -0.25) is 0 Å². The standard InChI is InChI=1S/C7H14NO.Rb/c1-7(2,3)6(5-9)8-4;/h5-6H,1-4H3;/q-1;+1. The Hall–Kier alpha value is 1.44. The molecule has 0 bridgehead atoms. The summed E-state index contributed by atoms with van der Waals surface area (Å²) in [5.74, 6) is 0. The average molecular weight is 214 g/mol. The third-order valence-corrected chi connectivity index (χ3v) is 1.29. The van der Waals surface area contributed by atoms with Gasteiger partial charge in [-0.1, -0.05) is 26.8 Å². The van der Waals surface area contributed by atoms with Crippen molar-refractivity contribution in [2.75, 3.05) is 7.05 Å². The Labute approximate surface area is 112 Å². The van der Waals surface area contributed by atoms with Gasteiger partial charge in [0.2, 0.25) is 0 Å². The first kappa shape index (κ1) is 14.0. The van der Waals surface area contributed by atoms with E-state index in [2.05, 4.69) is 5.32 Å². The van der Waals surface area contributed by atoms with Crippen molar-refractivity contribution in [1.82, 2.24) is 0 Å². The van der Waals surface area contributed by atoms with E-state index in [1.54, 1.807) is 7.05 Å². The molecule has 0 aliphatic rings. The molecule has 0 saturated carbocycles. The Kier molecular flexibility index (Phi) is 8.40. The molecule has 0 fully saturated rings.